The lowest BCUT2D eigenvalue weighted by Gasteiger charge is -2.33. The standard InChI is InChI=1S/C23H40N4O3/c1-5-30-22-18-19(9-10-21(22)29-4)8-6-13-25-23(24-2)26-20-11-15-27(16-12-20)14-7-17-28-3/h9-10,18,20H,5-8,11-17H2,1-4H3,(H2,24,25,26). The first-order valence-corrected chi connectivity index (χ1v) is 11.2. The van der Waals surface area contributed by atoms with Crippen molar-refractivity contribution < 1.29 is 14.2 Å². The zero-order valence-electron chi connectivity index (χ0n) is 19.2. The van der Waals surface area contributed by atoms with Crippen molar-refractivity contribution in [2.45, 2.75) is 45.1 Å². The summed E-state index contributed by atoms with van der Waals surface area (Å²) in [5.41, 5.74) is 1.25. The molecule has 1 heterocycles. The molecule has 1 saturated heterocycles. The predicted octanol–water partition coefficient (Wildman–Crippen LogP) is 2.69. The lowest BCUT2D eigenvalue weighted by Crippen LogP contribution is -2.49. The molecule has 1 aromatic rings. The number of ether oxygens (including phenoxy) is 3. The molecule has 0 spiro atoms. The van der Waals surface area contributed by atoms with Gasteiger partial charge in [0.25, 0.3) is 0 Å². The average molecular weight is 421 g/mol. The van der Waals surface area contributed by atoms with Gasteiger partial charge in [-0.25, -0.2) is 0 Å². The first kappa shape index (κ1) is 24.3. The van der Waals surface area contributed by atoms with Crippen LogP contribution in [0.15, 0.2) is 23.2 Å². The van der Waals surface area contributed by atoms with Crippen molar-refractivity contribution in [3.63, 3.8) is 0 Å². The van der Waals surface area contributed by atoms with Gasteiger partial charge in [-0.2, -0.15) is 0 Å². The topological polar surface area (TPSA) is 67.4 Å². The van der Waals surface area contributed by atoms with Crippen LogP contribution < -0.4 is 20.1 Å². The number of methoxy groups -OCH3 is 2. The summed E-state index contributed by atoms with van der Waals surface area (Å²) >= 11 is 0. The Morgan fingerprint density at radius 3 is 2.63 bits per heavy atom. The molecule has 1 aliphatic heterocycles. The van der Waals surface area contributed by atoms with Crippen molar-refractivity contribution >= 4 is 5.96 Å². The minimum Gasteiger partial charge on any atom is -0.493 e. The summed E-state index contributed by atoms with van der Waals surface area (Å²) in [6, 6.07) is 6.66. The largest absolute Gasteiger partial charge is 0.493 e. The predicted molar refractivity (Wildman–Crippen MR) is 123 cm³/mol. The van der Waals surface area contributed by atoms with Crippen LogP contribution in [-0.2, 0) is 11.2 Å². The average Bonchev–Trinajstić information content (AvgIpc) is 2.77. The maximum atomic E-state index is 5.67. The molecular formula is C23H40N4O3. The number of rotatable bonds is 12. The van der Waals surface area contributed by atoms with Gasteiger partial charge in [0.05, 0.1) is 13.7 Å². The van der Waals surface area contributed by atoms with Crippen molar-refractivity contribution in [2.24, 2.45) is 4.99 Å². The van der Waals surface area contributed by atoms with Crippen LogP contribution in [0.3, 0.4) is 0 Å². The number of hydrogen-bond acceptors (Lipinski definition) is 5. The van der Waals surface area contributed by atoms with Crippen LogP contribution in [-0.4, -0.2) is 77.6 Å². The van der Waals surface area contributed by atoms with Crippen molar-refractivity contribution in [2.75, 3.05) is 60.7 Å². The van der Waals surface area contributed by atoms with E-state index in [1.54, 1.807) is 14.2 Å². The Kier molecular flexibility index (Phi) is 11.4. The molecule has 7 heteroatoms. The number of hydrogen-bond donors (Lipinski definition) is 2. The molecule has 2 N–H and O–H groups in total. The van der Waals surface area contributed by atoms with E-state index in [0.717, 1.165) is 82.3 Å². The summed E-state index contributed by atoms with van der Waals surface area (Å²) in [6.45, 7) is 7.75. The molecule has 0 amide bonds. The molecule has 1 aromatic carbocycles. The van der Waals surface area contributed by atoms with Crippen LogP contribution in [0, 0.1) is 0 Å². The molecule has 0 radical (unpaired) electrons. The van der Waals surface area contributed by atoms with Crippen LogP contribution in [0.25, 0.3) is 0 Å². The van der Waals surface area contributed by atoms with E-state index in [-0.39, 0.29) is 0 Å². The zero-order chi connectivity index (χ0) is 21.6. The van der Waals surface area contributed by atoms with Gasteiger partial charge in [0, 0.05) is 53.0 Å². The molecule has 1 aliphatic rings. The fourth-order valence-electron chi connectivity index (χ4n) is 3.77. The van der Waals surface area contributed by atoms with Crippen LogP contribution in [0.1, 0.15) is 38.2 Å². The Morgan fingerprint density at radius 2 is 1.97 bits per heavy atom. The second kappa shape index (κ2) is 14.1. The quantitative estimate of drug-likeness (QED) is 0.308. The number of benzene rings is 1. The lowest BCUT2D eigenvalue weighted by molar-refractivity contribution is 0.155. The molecule has 7 nitrogen and oxygen atoms in total. The van der Waals surface area contributed by atoms with E-state index in [2.05, 4.69) is 32.7 Å². The normalized spacial score (nSPS) is 15.8. The Labute approximate surface area is 182 Å². The maximum Gasteiger partial charge on any atom is 0.191 e. The van der Waals surface area contributed by atoms with E-state index in [9.17, 15) is 0 Å². The smallest absolute Gasteiger partial charge is 0.191 e. The Morgan fingerprint density at radius 1 is 1.17 bits per heavy atom. The first-order valence-electron chi connectivity index (χ1n) is 11.2. The van der Waals surface area contributed by atoms with Gasteiger partial charge in [0.2, 0.25) is 0 Å². The molecule has 0 unspecified atom stereocenters. The summed E-state index contributed by atoms with van der Waals surface area (Å²) in [5, 5.41) is 7.04. The number of nitrogens with one attached hydrogen (secondary N) is 2. The summed E-state index contributed by atoms with van der Waals surface area (Å²) in [7, 11) is 5.28. The van der Waals surface area contributed by atoms with Gasteiger partial charge >= 0.3 is 0 Å². The van der Waals surface area contributed by atoms with Crippen LogP contribution >= 0.6 is 0 Å². The van der Waals surface area contributed by atoms with Crippen molar-refractivity contribution in [1.29, 1.82) is 0 Å². The minimum atomic E-state index is 0.491. The third-order valence-electron chi connectivity index (χ3n) is 5.44. The van der Waals surface area contributed by atoms with Crippen molar-refractivity contribution in [3.05, 3.63) is 23.8 Å². The number of piperidine rings is 1. The maximum absolute atomic E-state index is 5.67. The van der Waals surface area contributed by atoms with Gasteiger partial charge < -0.3 is 29.7 Å². The fourth-order valence-corrected chi connectivity index (χ4v) is 3.77. The highest BCUT2D eigenvalue weighted by molar-refractivity contribution is 5.79. The Bertz CT molecular complexity index is 631. The highest BCUT2D eigenvalue weighted by Crippen LogP contribution is 2.28. The summed E-state index contributed by atoms with van der Waals surface area (Å²) < 4.78 is 16.2. The highest BCUT2D eigenvalue weighted by atomic mass is 16.5. The number of nitrogens with zero attached hydrogens (tertiary/aromatic N) is 2. The van der Waals surface area contributed by atoms with Gasteiger partial charge in [-0.3, -0.25) is 4.99 Å². The summed E-state index contributed by atoms with van der Waals surface area (Å²) in [5.74, 6) is 2.50. The molecule has 0 aliphatic carbocycles. The van der Waals surface area contributed by atoms with E-state index in [4.69, 9.17) is 14.2 Å². The number of likely N-dealkylation sites (tertiary alicyclic amines) is 1. The van der Waals surface area contributed by atoms with Crippen molar-refractivity contribution in [1.82, 2.24) is 15.5 Å². The Balaban J connectivity index is 1.67. The Hall–Kier alpha value is -1.99. The molecule has 0 atom stereocenters. The van der Waals surface area contributed by atoms with Gasteiger partial charge in [-0.05, 0) is 56.7 Å². The molecular weight excluding hydrogens is 380 g/mol. The van der Waals surface area contributed by atoms with Gasteiger partial charge in [0.15, 0.2) is 17.5 Å². The third kappa shape index (κ3) is 8.40. The zero-order valence-corrected chi connectivity index (χ0v) is 19.2. The molecule has 170 valence electrons. The van der Waals surface area contributed by atoms with Crippen LogP contribution in [0.5, 0.6) is 11.5 Å². The number of aryl methyl sites for hydroxylation is 1. The van der Waals surface area contributed by atoms with E-state index in [0.29, 0.717) is 12.6 Å². The minimum absolute atomic E-state index is 0.491. The second-order valence-corrected chi connectivity index (χ2v) is 7.63. The highest BCUT2D eigenvalue weighted by Gasteiger charge is 2.19. The summed E-state index contributed by atoms with van der Waals surface area (Å²) in [4.78, 5) is 6.92. The van der Waals surface area contributed by atoms with E-state index < -0.39 is 0 Å². The molecule has 1 fully saturated rings. The van der Waals surface area contributed by atoms with Crippen molar-refractivity contribution in [3.8, 4) is 11.5 Å². The third-order valence-corrected chi connectivity index (χ3v) is 5.44. The molecule has 30 heavy (non-hydrogen) atoms. The van der Waals surface area contributed by atoms with Gasteiger partial charge in [-0.1, -0.05) is 6.07 Å². The number of aliphatic imine (C=N–C) groups is 1. The molecule has 0 aromatic heterocycles. The van der Waals surface area contributed by atoms with Crippen LogP contribution in [0.4, 0.5) is 0 Å². The van der Waals surface area contributed by atoms with Gasteiger partial charge in [-0.15, -0.1) is 0 Å². The molecule has 0 saturated carbocycles. The van der Waals surface area contributed by atoms with Gasteiger partial charge in [0.1, 0.15) is 0 Å². The molecule has 0 bridgehead atoms. The lowest BCUT2D eigenvalue weighted by atomic mass is 10.1. The first-order chi connectivity index (χ1) is 14.7. The second-order valence-electron chi connectivity index (χ2n) is 7.63. The van der Waals surface area contributed by atoms with E-state index in [1.165, 1.54) is 5.56 Å². The van der Waals surface area contributed by atoms with Crippen LogP contribution in [0.2, 0.25) is 0 Å². The van der Waals surface area contributed by atoms with E-state index >= 15 is 0 Å². The van der Waals surface area contributed by atoms with E-state index in [1.807, 2.05) is 20.0 Å². The SMILES string of the molecule is CCOc1cc(CCCNC(=NC)NC2CCN(CCCOC)CC2)ccc1OC. The molecule has 2 rings (SSSR count). The summed E-state index contributed by atoms with van der Waals surface area (Å²) in [6.07, 6.45) is 5.42. The fraction of sp³-hybridized carbons (Fsp3) is 0.696. The number of guanidine groups is 1. The monoisotopic (exact) mass is 420 g/mol.